The van der Waals surface area contributed by atoms with Crippen LogP contribution in [-0.2, 0) is 13.6 Å². The minimum atomic E-state index is 0.349. The Kier molecular flexibility index (Phi) is 4.67. The highest BCUT2D eigenvalue weighted by Crippen LogP contribution is 2.32. The van der Waals surface area contributed by atoms with Crippen LogP contribution in [0, 0.1) is 6.92 Å². The first-order valence-electron chi connectivity index (χ1n) is 9.06. The molecule has 1 fully saturated rings. The Bertz CT molecular complexity index is 887. The van der Waals surface area contributed by atoms with Crippen molar-refractivity contribution >= 4 is 11.6 Å². The van der Waals surface area contributed by atoms with Crippen molar-refractivity contribution in [3.05, 3.63) is 65.7 Å². The average Bonchev–Trinajstić information content (AvgIpc) is 3.26. The van der Waals surface area contributed by atoms with Crippen molar-refractivity contribution in [3.63, 3.8) is 0 Å². The highest BCUT2D eigenvalue weighted by molar-refractivity contribution is 5.55. The summed E-state index contributed by atoms with van der Waals surface area (Å²) in [5, 5.41) is 7.63. The summed E-state index contributed by atoms with van der Waals surface area (Å²) in [6, 6.07) is 10.5. The third-order valence-electron chi connectivity index (χ3n) is 4.88. The lowest BCUT2D eigenvalue weighted by Gasteiger charge is -2.23. The predicted molar refractivity (Wildman–Crippen MR) is 102 cm³/mol. The van der Waals surface area contributed by atoms with E-state index in [4.69, 9.17) is 4.98 Å². The zero-order valence-electron chi connectivity index (χ0n) is 15.3. The Morgan fingerprint density at radius 1 is 1.23 bits per heavy atom. The van der Waals surface area contributed by atoms with Crippen LogP contribution in [0.1, 0.15) is 35.7 Å². The van der Waals surface area contributed by atoms with Crippen LogP contribution < -0.4 is 5.32 Å². The molecule has 26 heavy (non-hydrogen) atoms. The van der Waals surface area contributed by atoms with Crippen molar-refractivity contribution in [2.45, 2.75) is 32.4 Å². The smallest absolute Gasteiger partial charge is 0.134 e. The Morgan fingerprint density at radius 3 is 2.96 bits per heavy atom. The third kappa shape index (κ3) is 3.60. The number of rotatable bonds is 5. The first-order chi connectivity index (χ1) is 12.7. The zero-order valence-corrected chi connectivity index (χ0v) is 15.3. The molecule has 6 heteroatoms. The number of likely N-dealkylation sites (tertiary alicyclic amines) is 1. The van der Waals surface area contributed by atoms with Gasteiger partial charge in [-0.15, -0.1) is 0 Å². The van der Waals surface area contributed by atoms with Crippen LogP contribution in [0.2, 0.25) is 0 Å². The molecule has 0 bridgehead atoms. The Hall–Kier alpha value is -2.73. The number of nitrogens with zero attached hydrogens (tertiary/aromatic N) is 5. The van der Waals surface area contributed by atoms with E-state index < -0.39 is 0 Å². The second-order valence-electron chi connectivity index (χ2n) is 6.89. The Morgan fingerprint density at radius 2 is 2.15 bits per heavy atom. The van der Waals surface area contributed by atoms with E-state index in [0.717, 1.165) is 42.4 Å². The molecule has 1 N–H and O–H groups in total. The molecule has 4 heterocycles. The van der Waals surface area contributed by atoms with E-state index in [1.165, 1.54) is 12.0 Å². The van der Waals surface area contributed by atoms with Crippen molar-refractivity contribution in [2.24, 2.45) is 7.05 Å². The van der Waals surface area contributed by atoms with E-state index >= 15 is 0 Å². The van der Waals surface area contributed by atoms with Gasteiger partial charge in [-0.2, -0.15) is 5.10 Å². The molecule has 3 aromatic rings. The van der Waals surface area contributed by atoms with Gasteiger partial charge in [0, 0.05) is 31.5 Å². The number of anilines is 2. The van der Waals surface area contributed by atoms with Crippen molar-refractivity contribution in [2.75, 3.05) is 11.9 Å². The minimum Gasteiger partial charge on any atom is -0.325 e. The molecule has 0 radical (unpaired) electrons. The van der Waals surface area contributed by atoms with Gasteiger partial charge in [0.15, 0.2) is 0 Å². The molecule has 0 aliphatic carbocycles. The highest BCUT2D eigenvalue weighted by Gasteiger charge is 2.27. The van der Waals surface area contributed by atoms with Gasteiger partial charge in [0.1, 0.15) is 11.6 Å². The molecule has 1 saturated heterocycles. The zero-order chi connectivity index (χ0) is 17.9. The molecule has 0 spiro atoms. The Labute approximate surface area is 153 Å². The van der Waals surface area contributed by atoms with Crippen molar-refractivity contribution in [1.29, 1.82) is 0 Å². The van der Waals surface area contributed by atoms with Gasteiger partial charge in [0.05, 0.1) is 17.9 Å². The summed E-state index contributed by atoms with van der Waals surface area (Å²) in [4.78, 5) is 11.8. The van der Waals surface area contributed by atoms with Gasteiger partial charge < -0.3 is 5.32 Å². The molecule has 0 amide bonds. The number of nitrogens with one attached hydrogen (secondary N) is 1. The molecule has 3 aromatic heterocycles. The van der Waals surface area contributed by atoms with E-state index in [1.807, 2.05) is 43.0 Å². The number of hydrogen-bond donors (Lipinski definition) is 1. The maximum Gasteiger partial charge on any atom is 0.134 e. The summed E-state index contributed by atoms with van der Waals surface area (Å²) in [5.41, 5.74) is 3.47. The van der Waals surface area contributed by atoms with E-state index in [-0.39, 0.29) is 0 Å². The quantitative estimate of drug-likeness (QED) is 0.763. The number of hydrogen-bond acceptors (Lipinski definition) is 5. The van der Waals surface area contributed by atoms with E-state index in [9.17, 15) is 0 Å². The molecule has 1 aliphatic rings. The summed E-state index contributed by atoms with van der Waals surface area (Å²) in [6.45, 7) is 4.06. The fourth-order valence-electron chi connectivity index (χ4n) is 3.58. The minimum absolute atomic E-state index is 0.349. The lowest BCUT2D eigenvalue weighted by Crippen LogP contribution is -2.23. The van der Waals surface area contributed by atoms with Crippen LogP contribution in [0.25, 0.3) is 0 Å². The molecule has 1 aliphatic heterocycles. The maximum atomic E-state index is 4.87. The number of aryl methyl sites for hydroxylation is 2. The molecule has 134 valence electrons. The largest absolute Gasteiger partial charge is 0.325 e. The van der Waals surface area contributed by atoms with Crippen LogP contribution in [0.3, 0.4) is 0 Å². The standard InChI is InChI=1S/C20H24N6/c1-15-6-4-10-21-20(15)24-19-9-3-7-17(23-19)18-8-5-11-26(18)14-16-12-22-25(2)13-16/h3-4,6-7,9-10,12-13,18H,5,8,11,14H2,1-2H3,(H,21,23,24)/t18-/m1/s1. The van der Waals surface area contributed by atoms with Crippen molar-refractivity contribution in [1.82, 2.24) is 24.6 Å². The summed E-state index contributed by atoms with van der Waals surface area (Å²) in [6.07, 6.45) is 8.17. The van der Waals surface area contributed by atoms with Crippen LogP contribution >= 0.6 is 0 Å². The molecule has 0 unspecified atom stereocenters. The fourth-order valence-corrected chi connectivity index (χ4v) is 3.58. The van der Waals surface area contributed by atoms with Gasteiger partial charge in [0.2, 0.25) is 0 Å². The summed E-state index contributed by atoms with van der Waals surface area (Å²) in [7, 11) is 1.96. The van der Waals surface area contributed by atoms with Gasteiger partial charge in [-0.1, -0.05) is 12.1 Å². The number of aromatic nitrogens is 4. The first kappa shape index (κ1) is 16.7. The van der Waals surface area contributed by atoms with Crippen LogP contribution in [-0.4, -0.2) is 31.2 Å². The first-order valence-corrected chi connectivity index (χ1v) is 9.06. The number of pyridine rings is 2. The van der Waals surface area contributed by atoms with E-state index in [2.05, 4.69) is 38.6 Å². The van der Waals surface area contributed by atoms with Gasteiger partial charge in [-0.05, 0) is 50.1 Å². The molecule has 0 saturated carbocycles. The van der Waals surface area contributed by atoms with Gasteiger partial charge >= 0.3 is 0 Å². The van der Waals surface area contributed by atoms with Crippen LogP contribution in [0.4, 0.5) is 11.6 Å². The SMILES string of the molecule is Cc1cccnc1Nc1cccc([C@H]2CCCN2Cc2cnn(C)c2)n1. The molecule has 0 aromatic carbocycles. The summed E-state index contributed by atoms with van der Waals surface area (Å²) < 4.78 is 1.86. The average molecular weight is 348 g/mol. The summed E-state index contributed by atoms with van der Waals surface area (Å²) in [5.74, 6) is 1.70. The maximum absolute atomic E-state index is 4.87. The fraction of sp³-hybridized carbons (Fsp3) is 0.350. The molecule has 1 atom stereocenters. The van der Waals surface area contributed by atoms with Crippen LogP contribution in [0.5, 0.6) is 0 Å². The van der Waals surface area contributed by atoms with Gasteiger partial charge in [0.25, 0.3) is 0 Å². The van der Waals surface area contributed by atoms with E-state index in [0.29, 0.717) is 6.04 Å². The lowest BCUT2D eigenvalue weighted by atomic mass is 10.1. The molecule has 6 nitrogen and oxygen atoms in total. The molecule has 4 rings (SSSR count). The topological polar surface area (TPSA) is 58.9 Å². The van der Waals surface area contributed by atoms with Gasteiger partial charge in [-0.3, -0.25) is 9.58 Å². The molecular formula is C20H24N6. The third-order valence-corrected chi connectivity index (χ3v) is 4.88. The van der Waals surface area contributed by atoms with E-state index in [1.54, 1.807) is 6.20 Å². The lowest BCUT2D eigenvalue weighted by molar-refractivity contribution is 0.244. The summed E-state index contributed by atoms with van der Waals surface area (Å²) >= 11 is 0. The second-order valence-corrected chi connectivity index (χ2v) is 6.89. The molecular weight excluding hydrogens is 324 g/mol. The van der Waals surface area contributed by atoms with Crippen LogP contribution in [0.15, 0.2) is 48.9 Å². The monoisotopic (exact) mass is 348 g/mol. The van der Waals surface area contributed by atoms with Crippen molar-refractivity contribution in [3.8, 4) is 0 Å². The van der Waals surface area contributed by atoms with Crippen molar-refractivity contribution < 1.29 is 0 Å². The second kappa shape index (κ2) is 7.25. The normalized spacial score (nSPS) is 17.5. The van der Waals surface area contributed by atoms with Gasteiger partial charge in [-0.25, -0.2) is 9.97 Å². The predicted octanol–water partition coefficient (Wildman–Crippen LogP) is 3.60. The Balaban J connectivity index is 1.52. The highest BCUT2D eigenvalue weighted by atomic mass is 15.3.